The van der Waals surface area contributed by atoms with Gasteiger partial charge < -0.3 is 10.0 Å². The standard InChI is InChI=1S/C15H20ClN3O2/c16-11-3-1-10(2-4-11)15-12-9-19(14(21)6-8-20)7-5-13(12)17-18-15/h1-4,12-13,15,17-18,20H,5-9H2. The molecule has 3 N–H and O–H groups in total. The third kappa shape index (κ3) is 3.06. The molecule has 2 aliphatic heterocycles. The Bertz CT molecular complexity index is 508. The predicted octanol–water partition coefficient (Wildman–Crippen LogP) is 1.09. The highest BCUT2D eigenvalue weighted by Crippen LogP contribution is 2.34. The lowest BCUT2D eigenvalue weighted by atomic mass is 9.85. The van der Waals surface area contributed by atoms with Crippen LogP contribution in [-0.2, 0) is 4.79 Å². The molecule has 5 nitrogen and oxygen atoms in total. The van der Waals surface area contributed by atoms with Crippen molar-refractivity contribution in [2.75, 3.05) is 19.7 Å². The molecule has 0 aliphatic carbocycles. The minimum absolute atomic E-state index is 0.0395. The summed E-state index contributed by atoms with van der Waals surface area (Å²) in [5.74, 6) is 0.375. The number of nitrogens with one attached hydrogen (secondary N) is 2. The Morgan fingerprint density at radius 3 is 2.81 bits per heavy atom. The second-order valence-electron chi connectivity index (χ2n) is 5.69. The van der Waals surface area contributed by atoms with Gasteiger partial charge in [0.05, 0.1) is 12.6 Å². The van der Waals surface area contributed by atoms with Crippen LogP contribution in [0.5, 0.6) is 0 Å². The molecule has 0 aromatic heterocycles. The molecule has 1 aromatic rings. The fourth-order valence-electron chi connectivity index (χ4n) is 3.28. The highest BCUT2D eigenvalue weighted by molar-refractivity contribution is 6.30. The average Bonchev–Trinajstić information content (AvgIpc) is 2.91. The minimum Gasteiger partial charge on any atom is -0.396 e. The monoisotopic (exact) mass is 309 g/mol. The van der Waals surface area contributed by atoms with Gasteiger partial charge in [-0.05, 0) is 24.1 Å². The first kappa shape index (κ1) is 14.8. The number of hydrazine groups is 1. The largest absolute Gasteiger partial charge is 0.396 e. The van der Waals surface area contributed by atoms with E-state index in [0.29, 0.717) is 12.0 Å². The summed E-state index contributed by atoms with van der Waals surface area (Å²) in [5.41, 5.74) is 7.87. The summed E-state index contributed by atoms with van der Waals surface area (Å²) >= 11 is 5.94. The van der Waals surface area contributed by atoms with E-state index < -0.39 is 0 Å². The van der Waals surface area contributed by atoms with Crippen molar-refractivity contribution in [2.24, 2.45) is 5.92 Å². The topological polar surface area (TPSA) is 64.6 Å². The molecule has 2 aliphatic rings. The van der Waals surface area contributed by atoms with Crippen LogP contribution in [0.4, 0.5) is 0 Å². The molecular formula is C15H20ClN3O2. The van der Waals surface area contributed by atoms with E-state index in [0.717, 1.165) is 24.5 Å². The Kier molecular flexibility index (Phi) is 4.45. The molecule has 21 heavy (non-hydrogen) atoms. The summed E-state index contributed by atoms with van der Waals surface area (Å²) in [6, 6.07) is 8.39. The molecule has 3 atom stereocenters. The molecule has 0 radical (unpaired) electrons. The highest BCUT2D eigenvalue weighted by Gasteiger charge is 2.41. The van der Waals surface area contributed by atoms with E-state index in [9.17, 15) is 4.79 Å². The van der Waals surface area contributed by atoms with Crippen LogP contribution in [0, 0.1) is 5.92 Å². The number of nitrogens with zero attached hydrogens (tertiary/aromatic N) is 1. The van der Waals surface area contributed by atoms with Gasteiger partial charge in [-0.25, -0.2) is 5.43 Å². The number of piperidine rings is 1. The molecule has 0 saturated carbocycles. The Hall–Kier alpha value is -1.14. The van der Waals surface area contributed by atoms with Crippen LogP contribution in [0.3, 0.4) is 0 Å². The van der Waals surface area contributed by atoms with Crippen LogP contribution < -0.4 is 10.9 Å². The van der Waals surface area contributed by atoms with Crippen molar-refractivity contribution >= 4 is 17.5 Å². The Morgan fingerprint density at radius 1 is 1.33 bits per heavy atom. The fourth-order valence-corrected chi connectivity index (χ4v) is 3.41. The van der Waals surface area contributed by atoms with Gasteiger partial charge in [0.1, 0.15) is 0 Å². The van der Waals surface area contributed by atoms with E-state index in [-0.39, 0.29) is 25.0 Å². The van der Waals surface area contributed by atoms with Crippen molar-refractivity contribution in [3.05, 3.63) is 34.9 Å². The number of hydrogen-bond acceptors (Lipinski definition) is 4. The number of likely N-dealkylation sites (tertiary alicyclic amines) is 1. The molecule has 1 aromatic carbocycles. The molecule has 2 saturated heterocycles. The van der Waals surface area contributed by atoms with Crippen LogP contribution in [0.1, 0.15) is 24.4 Å². The van der Waals surface area contributed by atoms with Crippen LogP contribution in [0.25, 0.3) is 0 Å². The number of fused-ring (bicyclic) bond motifs is 1. The molecule has 6 heteroatoms. The maximum Gasteiger partial charge on any atom is 0.224 e. The van der Waals surface area contributed by atoms with E-state index >= 15 is 0 Å². The first-order valence-electron chi connectivity index (χ1n) is 7.34. The van der Waals surface area contributed by atoms with E-state index in [4.69, 9.17) is 16.7 Å². The van der Waals surface area contributed by atoms with Crippen LogP contribution in [0.15, 0.2) is 24.3 Å². The summed E-state index contributed by atoms with van der Waals surface area (Å²) in [6.45, 7) is 1.39. The van der Waals surface area contributed by atoms with Crippen molar-refractivity contribution < 1.29 is 9.90 Å². The van der Waals surface area contributed by atoms with Gasteiger partial charge in [-0.15, -0.1) is 0 Å². The van der Waals surface area contributed by atoms with Gasteiger partial charge in [0.25, 0.3) is 0 Å². The molecule has 114 valence electrons. The lowest BCUT2D eigenvalue weighted by Gasteiger charge is -2.36. The third-order valence-corrected chi connectivity index (χ3v) is 4.67. The number of benzene rings is 1. The molecule has 3 unspecified atom stereocenters. The van der Waals surface area contributed by atoms with Crippen molar-refractivity contribution in [2.45, 2.75) is 24.9 Å². The first-order valence-corrected chi connectivity index (χ1v) is 7.72. The SMILES string of the molecule is O=C(CCO)N1CCC2NNC(c3ccc(Cl)cc3)C2C1. The van der Waals surface area contributed by atoms with E-state index in [1.54, 1.807) is 0 Å². The van der Waals surface area contributed by atoms with Gasteiger partial charge in [0.2, 0.25) is 5.91 Å². The zero-order valence-electron chi connectivity index (χ0n) is 11.8. The van der Waals surface area contributed by atoms with Crippen LogP contribution >= 0.6 is 11.6 Å². The second-order valence-corrected chi connectivity index (χ2v) is 6.13. The van der Waals surface area contributed by atoms with Crippen molar-refractivity contribution in [1.82, 2.24) is 15.8 Å². The van der Waals surface area contributed by atoms with Gasteiger partial charge in [0, 0.05) is 36.5 Å². The Morgan fingerprint density at radius 2 is 2.10 bits per heavy atom. The summed E-state index contributed by atoms with van der Waals surface area (Å²) in [6.07, 6.45) is 1.14. The first-order chi connectivity index (χ1) is 10.2. The lowest BCUT2D eigenvalue weighted by molar-refractivity contribution is -0.133. The quantitative estimate of drug-likeness (QED) is 0.782. The number of halogens is 1. The van der Waals surface area contributed by atoms with E-state index in [1.807, 2.05) is 29.2 Å². The van der Waals surface area contributed by atoms with Gasteiger partial charge in [-0.1, -0.05) is 23.7 Å². The van der Waals surface area contributed by atoms with E-state index in [2.05, 4.69) is 10.9 Å². The highest BCUT2D eigenvalue weighted by atomic mass is 35.5. The zero-order valence-corrected chi connectivity index (χ0v) is 12.5. The number of amides is 1. The fraction of sp³-hybridized carbons (Fsp3) is 0.533. The summed E-state index contributed by atoms with van der Waals surface area (Å²) < 4.78 is 0. The smallest absolute Gasteiger partial charge is 0.224 e. The normalized spacial score (nSPS) is 28.5. The second kappa shape index (κ2) is 6.32. The van der Waals surface area contributed by atoms with Crippen LogP contribution in [0.2, 0.25) is 5.02 Å². The number of hydrogen-bond donors (Lipinski definition) is 3. The molecule has 2 fully saturated rings. The van der Waals surface area contributed by atoms with Gasteiger partial charge in [-0.3, -0.25) is 10.2 Å². The van der Waals surface area contributed by atoms with Gasteiger partial charge >= 0.3 is 0 Å². The number of carbonyl (C=O) groups is 1. The average molecular weight is 310 g/mol. The predicted molar refractivity (Wildman–Crippen MR) is 80.6 cm³/mol. The minimum atomic E-state index is -0.0828. The lowest BCUT2D eigenvalue weighted by Crippen LogP contribution is -2.48. The van der Waals surface area contributed by atoms with Crippen LogP contribution in [-0.4, -0.2) is 41.7 Å². The Labute approximate surface area is 129 Å². The summed E-state index contributed by atoms with van der Waals surface area (Å²) in [7, 11) is 0. The molecule has 2 heterocycles. The summed E-state index contributed by atoms with van der Waals surface area (Å²) in [5, 5.41) is 9.65. The third-order valence-electron chi connectivity index (χ3n) is 4.42. The van der Waals surface area contributed by atoms with Crippen molar-refractivity contribution in [3.8, 4) is 0 Å². The Balaban J connectivity index is 1.73. The maximum absolute atomic E-state index is 12.0. The molecule has 3 rings (SSSR count). The molecular weight excluding hydrogens is 290 g/mol. The number of rotatable bonds is 3. The molecule has 1 amide bonds. The van der Waals surface area contributed by atoms with E-state index in [1.165, 1.54) is 5.56 Å². The number of aliphatic hydroxyl groups excluding tert-OH is 1. The number of carbonyl (C=O) groups excluding carboxylic acids is 1. The molecule has 0 bridgehead atoms. The van der Waals surface area contributed by atoms with Crippen molar-refractivity contribution in [1.29, 1.82) is 0 Å². The molecule has 0 spiro atoms. The van der Waals surface area contributed by atoms with Crippen molar-refractivity contribution in [3.63, 3.8) is 0 Å². The van der Waals surface area contributed by atoms with Gasteiger partial charge in [0.15, 0.2) is 0 Å². The number of aliphatic hydroxyl groups is 1. The summed E-state index contributed by atoms with van der Waals surface area (Å²) in [4.78, 5) is 13.9. The maximum atomic E-state index is 12.0. The zero-order chi connectivity index (χ0) is 14.8. The van der Waals surface area contributed by atoms with Gasteiger partial charge in [-0.2, -0.15) is 0 Å².